The van der Waals surface area contributed by atoms with Crippen LogP contribution in [0.2, 0.25) is 0 Å². The number of ether oxygens (including phenoxy) is 1. The molecule has 1 atom stereocenters. The number of aliphatic hydroxyl groups excluding tert-OH is 1. The minimum absolute atomic E-state index is 0.225. The number of hydrogen-bond donors (Lipinski definition) is 3. The molecule has 1 fully saturated rings. The molecule has 0 aromatic heterocycles. The van der Waals surface area contributed by atoms with Crippen LogP contribution in [0.4, 0.5) is 11.4 Å². The summed E-state index contributed by atoms with van der Waals surface area (Å²) < 4.78 is 5.31. The highest BCUT2D eigenvalue weighted by Gasteiger charge is 2.11. The Morgan fingerprint density at radius 3 is 2.55 bits per heavy atom. The first-order chi connectivity index (χ1) is 9.65. The van der Waals surface area contributed by atoms with Gasteiger partial charge < -0.3 is 25.2 Å². The summed E-state index contributed by atoms with van der Waals surface area (Å²) in [5, 5.41) is 21.1. The minimum atomic E-state index is -0.998. The zero-order chi connectivity index (χ0) is 14.4. The van der Waals surface area contributed by atoms with Gasteiger partial charge in [-0.2, -0.15) is 0 Å². The summed E-state index contributed by atoms with van der Waals surface area (Å²) in [4.78, 5) is 12.7. The lowest BCUT2D eigenvalue weighted by Gasteiger charge is -2.29. The second kappa shape index (κ2) is 7.12. The molecular weight excluding hydrogens is 260 g/mol. The standard InChI is InChI=1S/C14H20N2O4/c17-13(9-14(18)19)10-15-11-1-3-12(4-2-11)16-5-7-20-8-6-16/h1-4,13,15,17H,5-10H2,(H,18,19). The number of carbonyl (C=O) groups is 1. The van der Waals surface area contributed by atoms with Crippen molar-refractivity contribution >= 4 is 17.3 Å². The molecule has 1 aliphatic rings. The van der Waals surface area contributed by atoms with Gasteiger partial charge in [-0.3, -0.25) is 4.79 Å². The number of carboxylic acid groups (broad SMARTS) is 1. The number of aliphatic hydroxyl groups is 1. The third-order valence-corrected chi connectivity index (χ3v) is 3.20. The van der Waals surface area contributed by atoms with Crippen LogP contribution < -0.4 is 10.2 Å². The van der Waals surface area contributed by atoms with Crippen LogP contribution in [-0.4, -0.2) is 55.1 Å². The Labute approximate surface area is 118 Å². The van der Waals surface area contributed by atoms with Crippen molar-refractivity contribution in [1.29, 1.82) is 0 Å². The molecule has 2 rings (SSSR count). The van der Waals surface area contributed by atoms with Gasteiger partial charge in [-0.25, -0.2) is 0 Å². The molecular formula is C14H20N2O4. The van der Waals surface area contributed by atoms with Crippen molar-refractivity contribution < 1.29 is 19.7 Å². The van der Waals surface area contributed by atoms with E-state index in [1.807, 2.05) is 24.3 Å². The van der Waals surface area contributed by atoms with Gasteiger partial charge in [0, 0.05) is 31.0 Å². The number of anilines is 2. The second-order valence-corrected chi connectivity index (χ2v) is 4.78. The number of rotatable bonds is 6. The Balaban J connectivity index is 1.83. The van der Waals surface area contributed by atoms with Gasteiger partial charge in [0.15, 0.2) is 0 Å². The fourth-order valence-corrected chi connectivity index (χ4v) is 2.12. The van der Waals surface area contributed by atoms with Gasteiger partial charge in [0.25, 0.3) is 0 Å². The fraction of sp³-hybridized carbons (Fsp3) is 0.500. The number of morpholine rings is 1. The molecule has 0 bridgehead atoms. The smallest absolute Gasteiger partial charge is 0.306 e. The lowest BCUT2D eigenvalue weighted by atomic mass is 10.2. The predicted octanol–water partition coefficient (Wildman–Crippen LogP) is 0.771. The van der Waals surface area contributed by atoms with Crippen molar-refractivity contribution in [3.63, 3.8) is 0 Å². The minimum Gasteiger partial charge on any atom is -0.481 e. The normalized spacial score (nSPS) is 16.8. The Morgan fingerprint density at radius 1 is 1.30 bits per heavy atom. The average molecular weight is 280 g/mol. The summed E-state index contributed by atoms with van der Waals surface area (Å²) >= 11 is 0. The summed E-state index contributed by atoms with van der Waals surface area (Å²) in [7, 11) is 0. The molecule has 6 heteroatoms. The molecule has 1 unspecified atom stereocenters. The molecule has 0 aliphatic carbocycles. The van der Waals surface area contributed by atoms with Crippen LogP contribution in [0.1, 0.15) is 6.42 Å². The van der Waals surface area contributed by atoms with E-state index in [1.54, 1.807) is 0 Å². The molecule has 1 aliphatic heterocycles. The molecule has 1 aromatic rings. The van der Waals surface area contributed by atoms with Crippen LogP contribution in [0.5, 0.6) is 0 Å². The average Bonchev–Trinajstić information content (AvgIpc) is 2.46. The molecule has 0 spiro atoms. The topological polar surface area (TPSA) is 82.0 Å². The quantitative estimate of drug-likeness (QED) is 0.714. The van der Waals surface area contributed by atoms with Gasteiger partial charge in [-0.1, -0.05) is 0 Å². The highest BCUT2D eigenvalue weighted by Crippen LogP contribution is 2.19. The first-order valence-electron chi connectivity index (χ1n) is 6.71. The highest BCUT2D eigenvalue weighted by molar-refractivity contribution is 5.67. The molecule has 3 N–H and O–H groups in total. The lowest BCUT2D eigenvalue weighted by Crippen LogP contribution is -2.36. The number of nitrogens with zero attached hydrogens (tertiary/aromatic N) is 1. The van der Waals surface area contributed by atoms with E-state index in [0.29, 0.717) is 0 Å². The van der Waals surface area contributed by atoms with Gasteiger partial charge in [-0.15, -0.1) is 0 Å². The molecule has 20 heavy (non-hydrogen) atoms. The summed E-state index contributed by atoms with van der Waals surface area (Å²) in [6.45, 7) is 3.51. The second-order valence-electron chi connectivity index (χ2n) is 4.78. The molecule has 1 heterocycles. The van der Waals surface area contributed by atoms with E-state index in [1.165, 1.54) is 0 Å². The van der Waals surface area contributed by atoms with Gasteiger partial charge in [0.2, 0.25) is 0 Å². The Morgan fingerprint density at radius 2 is 1.95 bits per heavy atom. The van der Waals surface area contributed by atoms with Crippen LogP contribution in [0.25, 0.3) is 0 Å². The fourth-order valence-electron chi connectivity index (χ4n) is 2.12. The van der Waals surface area contributed by atoms with Crippen molar-refractivity contribution in [3.8, 4) is 0 Å². The molecule has 6 nitrogen and oxygen atoms in total. The summed E-state index contributed by atoms with van der Waals surface area (Å²) in [5.41, 5.74) is 2.01. The Kier molecular flexibility index (Phi) is 5.20. The number of aliphatic carboxylic acids is 1. The van der Waals surface area contributed by atoms with Gasteiger partial charge >= 0.3 is 5.97 Å². The van der Waals surface area contributed by atoms with E-state index < -0.39 is 12.1 Å². The number of carboxylic acids is 1. The van der Waals surface area contributed by atoms with E-state index in [-0.39, 0.29) is 13.0 Å². The van der Waals surface area contributed by atoms with Crippen LogP contribution in [0, 0.1) is 0 Å². The zero-order valence-corrected chi connectivity index (χ0v) is 11.3. The maximum Gasteiger partial charge on any atom is 0.306 e. The van der Waals surface area contributed by atoms with Gasteiger partial charge in [0.05, 0.1) is 25.7 Å². The number of hydrogen-bond acceptors (Lipinski definition) is 5. The van der Waals surface area contributed by atoms with Crippen molar-refractivity contribution in [2.24, 2.45) is 0 Å². The van der Waals surface area contributed by atoms with Gasteiger partial charge in [0.1, 0.15) is 0 Å². The molecule has 0 amide bonds. The molecule has 0 saturated carbocycles. The van der Waals surface area contributed by atoms with Crippen LogP contribution >= 0.6 is 0 Å². The highest BCUT2D eigenvalue weighted by atomic mass is 16.5. The molecule has 1 saturated heterocycles. The SMILES string of the molecule is O=C(O)CC(O)CNc1ccc(N2CCOCC2)cc1. The van der Waals surface area contributed by atoms with Crippen LogP contribution in [0.3, 0.4) is 0 Å². The molecule has 110 valence electrons. The largest absolute Gasteiger partial charge is 0.481 e. The molecule has 0 radical (unpaired) electrons. The van der Waals surface area contributed by atoms with Crippen molar-refractivity contribution in [2.75, 3.05) is 43.1 Å². The molecule has 1 aromatic carbocycles. The third-order valence-electron chi connectivity index (χ3n) is 3.20. The Hall–Kier alpha value is -1.79. The van der Waals surface area contributed by atoms with E-state index >= 15 is 0 Å². The first-order valence-corrected chi connectivity index (χ1v) is 6.71. The number of benzene rings is 1. The number of nitrogens with one attached hydrogen (secondary N) is 1. The zero-order valence-electron chi connectivity index (χ0n) is 11.3. The van der Waals surface area contributed by atoms with Gasteiger partial charge in [-0.05, 0) is 24.3 Å². The predicted molar refractivity (Wildman–Crippen MR) is 76.2 cm³/mol. The van der Waals surface area contributed by atoms with Crippen LogP contribution in [0.15, 0.2) is 24.3 Å². The maximum atomic E-state index is 10.4. The summed E-state index contributed by atoms with van der Waals surface area (Å²) in [6, 6.07) is 7.88. The summed E-state index contributed by atoms with van der Waals surface area (Å²) in [5.74, 6) is -0.998. The first kappa shape index (κ1) is 14.6. The lowest BCUT2D eigenvalue weighted by molar-refractivity contribution is -0.138. The monoisotopic (exact) mass is 280 g/mol. The van der Waals surface area contributed by atoms with E-state index in [4.69, 9.17) is 9.84 Å². The van der Waals surface area contributed by atoms with E-state index in [0.717, 1.165) is 37.7 Å². The van der Waals surface area contributed by atoms with Crippen LogP contribution in [-0.2, 0) is 9.53 Å². The van der Waals surface area contributed by atoms with E-state index in [9.17, 15) is 9.90 Å². The summed E-state index contributed by atoms with van der Waals surface area (Å²) in [6.07, 6.45) is -1.13. The van der Waals surface area contributed by atoms with Crippen molar-refractivity contribution in [1.82, 2.24) is 0 Å². The van der Waals surface area contributed by atoms with Crippen molar-refractivity contribution in [3.05, 3.63) is 24.3 Å². The van der Waals surface area contributed by atoms with E-state index in [2.05, 4.69) is 10.2 Å². The Bertz CT molecular complexity index is 429. The van der Waals surface area contributed by atoms with Crippen molar-refractivity contribution in [2.45, 2.75) is 12.5 Å². The third kappa shape index (κ3) is 4.40. The maximum absolute atomic E-state index is 10.4.